The number of aromatic nitrogens is 1. The monoisotopic (exact) mass is 743 g/mol. The molecule has 10 rings (SSSR count). The van der Waals surface area contributed by atoms with Crippen molar-refractivity contribution in [1.82, 2.24) is 9.88 Å². The average Bonchev–Trinajstić information content (AvgIpc) is 3.66. The second-order valence-electron chi connectivity index (χ2n) is 14.6. The van der Waals surface area contributed by atoms with E-state index in [1.165, 1.54) is 61.1 Å². The van der Waals surface area contributed by atoms with Crippen molar-refractivity contribution in [2.75, 3.05) is 11.4 Å². The molecular formula is C55H41N3. The molecule has 1 N–H and O–H groups in total. The number of allylic oxidation sites excluding steroid dienone is 2. The molecule has 2 heterocycles. The summed E-state index contributed by atoms with van der Waals surface area (Å²) in [6, 6.07) is 76.3. The SMILES string of the molecule is C1=CCNC(c2c(-c3ccccc3)c3ccccc3n2-c2ccc(-c3ccc(N(c4ccc(-c5ccccc5)cc4)c4ccc(-c5ccccc5)cc4)cc3)cc2)=C1. The van der Waals surface area contributed by atoms with Crippen LogP contribution in [0.15, 0.2) is 231 Å². The summed E-state index contributed by atoms with van der Waals surface area (Å²) in [5.41, 5.74) is 17.5. The van der Waals surface area contributed by atoms with E-state index in [4.69, 9.17) is 0 Å². The van der Waals surface area contributed by atoms with Gasteiger partial charge in [0.05, 0.1) is 16.9 Å². The van der Waals surface area contributed by atoms with E-state index in [9.17, 15) is 0 Å². The molecule has 0 bridgehead atoms. The first-order chi connectivity index (χ1) is 28.8. The van der Waals surface area contributed by atoms with Crippen molar-refractivity contribution in [3.8, 4) is 50.2 Å². The molecule has 1 aromatic heterocycles. The lowest BCUT2D eigenvalue weighted by molar-refractivity contribution is 0.963. The minimum Gasteiger partial charge on any atom is -0.380 e. The molecule has 0 saturated carbocycles. The van der Waals surface area contributed by atoms with Crippen molar-refractivity contribution in [3.05, 3.63) is 236 Å². The van der Waals surface area contributed by atoms with Gasteiger partial charge in [-0.05, 0) is 99.6 Å². The first-order valence-corrected chi connectivity index (χ1v) is 19.9. The zero-order valence-electron chi connectivity index (χ0n) is 32.0. The molecule has 276 valence electrons. The normalized spacial score (nSPS) is 12.2. The Morgan fingerprint density at radius 2 is 0.810 bits per heavy atom. The van der Waals surface area contributed by atoms with Gasteiger partial charge in [-0.2, -0.15) is 0 Å². The van der Waals surface area contributed by atoms with E-state index < -0.39 is 0 Å². The Morgan fingerprint density at radius 1 is 0.397 bits per heavy atom. The molecule has 0 saturated heterocycles. The van der Waals surface area contributed by atoms with Crippen LogP contribution in [-0.4, -0.2) is 11.1 Å². The van der Waals surface area contributed by atoms with Gasteiger partial charge in [-0.25, -0.2) is 0 Å². The van der Waals surface area contributed by atoms with Gasteiger partial charge in [0.25, 0.3) is 0 Å². The molecule has 0 aliphatic carbocycles. The van der Waals surface area contributed by atoms with Crippen LogP contribution in [0.5, 0.6) is 0 Å². The van der Waals surface area contributed by atoms with Crippen LogP contribution in [0.25, 0.3) is 66.8 Å². The highest BCUT2D eigenvalue weighted by Gasteiger charge is 2.23. The first kappa shape index (κ1) is 34.8. The third kappa shape index (κ3) is 6.69. The van der Waals surface area contributed by atoms with Gasteiger partial charge in [0.2, 0.25) is 0 Å². The van der Waals surface area contributed by atoms with E-state index >= 15 is 0 Å². The van der Waals surface area contributed by atoms with E-state index in [-0.39, 0.29) is 0 Å². The minimum atomic E-state index is 0.798. The Hall–Kier alpha value is -7.62. The van der Waals surface area contributed by atoms with Crippen LogP contribution < -0.4 is 10.2 Å². The van der Waals surface area contributed by atoms with Crippen LogP contribution in [0.1, 0.15) is 5.69 Å². The van der Waals surface area contributed by atoms with Crippen LogP contribution >= 0.6 is 0 Å². The number of dihydropyridines is 1. The average molecular weight is 744 g/mol. The highest BCUT2D eigenvalue weighted by atomic mass is 15.1. The van der Waals surface area contributed by atoms with Gasteiger partial charge < -0.3 is 14.8 Å². The third-order valence-corrected chi connectivity index (χ3v) is 11.1. The maximum atomic E-state index is 3.66. The van der Waals surface area contributed by atoms with Crippen molar-refractivity contribution < 1.29 is 0 Å². The van der Waals surface area contributed by atoms with Gasteiger partial charge in [0, 0.05) is 40.2 Å². The molecule has 0 spiro atoms. The Bertz CT molecular complexity index is 2790. The van der Waals surface area contributed by atoms with Crippen LogP contribution in [0, 0.1) is 0 Å². The largest absolute Gasteiger partial charge is 0.380 e. The van der Waals surface area contributed by atoms with Gasteiger partial charge in [-0.15, -0.1) is 0 Å². The summed E-state index contributed by atoms with van der Waals surface area (Å²) in [7, 11) is 0. The van der Waals surface area contributed by atoms with Gasteiger partial charge in [-0.1, -0.05) is 170 Å². The quantitative estimate of drug-likeness (QED) is 0.159. The molecule has 3 nitrogen and oxygen atoms in total. The standard InChI is InChI=1S/C55H41N3/c1-4-14-40(15-5-1)42-23-31-47(32-24-42)57(48-33-25-43(26-34-48)41-16-6-2-7-17-41)49-35-27-44(28-36-49)45-29-37-50(38-30-45)58-53-22-11-10-20-51(53)54(46-18-8-3-9-19-46)55(58)52-21-12-13-39-56-52/h1-38,56H,39H2. The smallest absolute Gasteiger partial charge is 0.0779 e. The molecule has 1 aliphatic heterocycles. The molecule has 0 atom stereocenters. The summed E-state index contributed by atoms with van der Waals surface area (Å²) in [5.74, 6) is 0. The van der Waals surface area contributed by atoms with Crippen molar-refractivity contribution in [2.24, 2.45) is 0 Å². The number of hydrogen-bond acceptors (Lipinski definition) is 2. The molecule has 8 aromatic carbocycles. The number of benzene rings is 8. The maximum Gasteiger partial charge on any atom is 0.0779 e. The lowest BCUT2D eigenvalue weighted by Gasteiger charge is -2.26. The molecule has 0 amide bonds. The van der Waals surface area contributed by atoms with E-state index in [0.717, 1.165) is 35.0 Å². The summed E-state index contributed by atoms with van der Waals surface area (Å²) in [6.45, 7) is 0.798. The fourth-order valence-electron chi connectivity index (χ4n) is 8.20. The Kier molecular flexibility index (Phi) is 9.30. The van der Waals surface area contributed by atoms with E-state index in [0.29, 0.717) is 0 Å². The van der Waals surface area contributed by atoms with E-state index in [1.54, 1.807) is 0 Å². The zero-order chi connectivity index (χ0) is 38.7. The summed E-state index contributed by atoms with van der Waals surface area (Å²) in [5, 5.41) is 4.89. The number of hydrogen-bond donors (Lipinski definition) is 1. The van der Waals surface area contributed by atoms with Crippen molar-refractivity contribution >= 4 is 33.7 Å². The molecule has 58 heavy (non-hydrogen) atoms. The first-order valence-electron chi connectivity index (χ1n) is 19.9. The third-order valence-electron chi connectivity index (χ3n) is 11.1. The van der Waals surface area contributed by atoms with E-state index in [1.807, 2.05) is 0 Å². The Balaban J connectivity index is 1.01. The molecule has 1 aliphatic rings. The summed E-state index contributed by atoms with van der Waals surface area (Å²) in [6.07, 6.45) is 6.49. The zero-order valence-corrected chi connectivity index (χ0v) is 32.0. The number of nitrogens with zero attached hydrogens (tertiary/aromatic N) is 2. The summed E-state index contributed by atoms with van der Waals surface area (Å²) < 4.78 is 2.41. The van der Waals surface area contributed by atoms with Crippen LogP contribution in [0.2, 0.25) is 0 Å². The fourth-order valence-corrected chi connectivity index (χ4v) is 8.20. The molecule has 0 radical (unpaired) electrons. The number of nitrogens with one attached hydrogen (secondary N) is 1. The highest BCUT2D eigenvalue weighted by Crippen LogP contribution is 2.41. The van der Waals surface area contributed by atoms with Crippen molar-refractivity contribution in [1.29, 1.82) is 0 Å². The minimum absolute atomic E-state index is 0.798. The number of fused-ring (bicyclic) bond motifs is 1. The van der Waals surface area contributed by atoms with Gasteiger partial charge >= 0.3 is 0 Å². The number of para-hydroxylation sites is 1. The van der Waals surface area contributed by atoms with Gasteiger partial charge in [-0.3, -0.25) is 0 Å². The Morgan fingerprint density at radius 3 is 1.28 bits per heavy atom. The molecule has 0 unspecified atom stereocenters. The number of rotatable bonds is 9. The highest BCUT2D eigenvalue weighted by molar-refractivity contribution is 6.03. The maximum absolute atomic E-state index is 3.66. The van der Waals surface area contributed by atoms with Crippen molar-refractivity contribution in [2.45, 2.75) is 0 Å². The van der Waals surface area contributed by atoms with Gasteiger partial charge in [0.1, 0.15) is 0 Å². The second kappa shape index (κ2) is 15.5. The molecule has 0 fully saturated rings. The van der Waals surface area contributed by atoms with Gasteiger partial charge in [0.15, 0.2) is 0 Å². The Labute approximate surface area is 340 Å². The van der Waals surface area contributed by atoms with Crippen LogP contribution in [0.3, 0.4) is 0 Å². The van der Waals surface area contributed by atoms with E-state index in [2.05, 4.69) is 245 Å². The predicted octanol–water partition coefficient (Wildman–Crippen LogP) is 14.3. The molecule has 3 heteroatoms. The van der Waals surface area contributed by atoms with Crippen LogP contribution in [0.4, 0.5) is 17.1 Å². The summed E-state index contributed by atoms with van der Waals surface area (Å²) >= 11 is 0. The topological polar surface area (TPSA) is 20.2 Å². The van der Waals surface area contributed by atoms with Crippen LogP contribution in [-0.2, 0) is 0 Å². The molecule has 9 aromatic rings. The molecular weight excluding hydrogens is 703 g/mol. The summed E-state index contributed by atoms with van der Waals surface area (Å²) in [4.78, 5) is 2.34. The lowest BCUT2D eigenvalue weighted by atomic mass is 10.00. The number of anilines is 3. The lowest BCUT2D eigenvalue weighted by Crippen LogP contribution is -2.17. The predicted molar refractivity (Wildman–Crippen MR) is 245 cm³/mol. The second-order valence-corrected chi connectivity index (χ2v) is 14.6. The fraction of sp³-hybridized carbons (Fsp3) is 0.0182. The van der Waals surface area contributed by atoms with Crippen molar-refractivity contribution in [3.63, 3.8) is 0 Å².